The van der Waals surface area contributed by atoms with Crippen LogP contribution in [-0.2, 0) is 14.3 Å². The lowest BCUT2D eigenvalue weighted by Gasteiger charge is -2.41. The molecule has 1 heterocycles. The summed E-state index contributed by atoms with van der Waals surface area (Å²) >= 11 is 0. The predicted molar refractivity (Wildman–Crippen MR) is 52.4 cm³/mol. The van der Waals surface area contributed by atoms with Crippen LogP contribution < -0.4 is 5.32 Å². The summed E-state index contributed by atoms with van der Waals surface area (Å²) in [7, 11) is 1.35. The minimum absolute atomic E-state index is 0.371. The van der Waals surface area contributed by atoms with Crippen LogP contribution in [0.4, 0.5) is 0 Å². The molecule has 0 aromatic rings. The molecule has 1 aliphatic rings. The number of methoxy groups -OCH3 is 1. The standard InChI is InChI=1S/C9H17NO6/c1-4(12)10-6-8(14)7(13)5(3-11)16-9(6)15-2/h5-9,11,13-14H,3H2,1-2H3,(H,10,12)/t5-,6-,7+,8?,9+/m1/s1. The van der Waals surface area contributed by atoms with Gasteiger partial charge in [0, 0.05) is 14.0 Å². The maximum Gasteiger partial charge on any atom is 0.217 e. The third kappa shape index (κ3) is 2.69. The molecule has 1 saturated heterocycles. The molecule has 1 fully saturated rings. The van der Waals surface area contributed by atoms with Gasteiger partial charge >= 0.3 is 0 Å². The average Bonchev–Trinajstić information content (AvgIpc) is 2.25. The van der Waals surface area contributed by atoms with E-state index in [-0.39, 0.29) is 5.91 Å². The maximum absolute atomic E-state index is 10.9. The van der Waals surface area contributed by atoms with E-state index in [2.05, 4.69) is 5.32 Å². The highest BCUT2D eigenvalue weighted by Crippen LogP contribution is 2.21. The van der Waals surface area contributed by atoms with Crippen LogP contribution in [0.3, 0.4) is 0 Å². The Bertz CT molecular complexity index is 246. The topological polar surface area (TPSA) is 108 Å². The number of aliphatic hydroxyl groups excluding tert-OH is 3. The Hall–Kier alpha value is -0.730. The molecule has 0 aromatic carbocycles. The Labute approximate surface area is 93.0 Å². The van der Waals surface area contributed by atoms with Crippen LogP contribution in [0.25, 0.3) is 0 Å². The second kappa shape index (κ2) is 5.55. The summed E-state index contributed by atoms with van der Waals surface area (Å²) in [5, 5.41) is 30.7. The maximum atomic E-state index is 10.9. The fourth-order valence-corrected chi connectivity index (χ4v) is 1.67. The zero-order valence-electron chi connectivity index (χ0n) is 9.16. The Morgan fingerprint density at radius 3 is 2.50 bits per heavy atom. The van der Waals surface area contributed by atoms with Gasteiger partial charge in [-0.25, -0.2) is 0 Å². The van der Waals surface area contributed by atoms with Crippen LogP contribution in [0.5, 0.6) is 0 Å². The summed E-state index contributed by atoms with van der Waals surface area (Å²) in [5.74, 6) is -0.371. The molecule has 1 rings (SSSR count). The summed E-state index contributed by atoms with van der Waals surface area (Å²) in [5.41, 5.74) is 0. The van der Waals surface area contributed by atoms with Crippen molar-refractivity contribution in [3.05, 3.63) is 0 Å². The number of rotatable bonds is 3. The van der Waals surface area contributed by atoms with E-state index in [0.29, 0.717) is 0 Å². The normalized spacial score (nSPS) is 39.4. The molecule has 0 spiro atoms. The van der Waals surface area contributed by atoms with Crippen LogP contribution >= 0.6 is 0 Å². The van der Waals surface area contributed by atoms with Crippen molar-refractivity contribution in [1.29, 1.82) is 0 Å². The van der Waals surface area contributed by atoms with Gasteiger partial charge < -0.3 is 30.1 Å². The quantitative estimate of drug-likeness (QED) is 0.433. The molecule has 1 amide bonds. The highest BCUT2D eigenvalue weighted by Gasteiger charge is 2.44. The minimum Gasteiger partial charge on any atom is -0.394 e. The van der Waals surface area contributed by atoms with E-state index in [1.165, 1.54) is 14.0 Å². The third-order valence-electron chi connectivity index (χ3n) is 2.48. The lowest BCUT2D eigenvalue weighted by atomic mass is 9.97. The molecule has 7 nitrogen and oxygen atoms in total. The number of hydrogen-bond donors (Lipinski definition) is 4. The molecule has 4 N–H and O–H groups in total. The number of ether oxygens (including phenoxy) is 2. The van der Waals surface area contributed by atoms with Gasteiger partial charge in [0.25, 0.3) is 0 Å². The highest BCUT2D eigenvalue weighted by molar-refractivity contribution is 5.73. The Morgan fingerprint density at radius 2 is 2.06 bits per heavy atom. The highest BCUT2D eigenvalue weighted by atomic mass is 16.7. The lowest BCUT2D eigenvalue weighted by molar-refractivity contribution is -0.262. The van der Waals surface area contributed by atoms with Gasteiger partial charge in [-0.2, -0.15) is 0 Å². The zero-order chi connectivity index (χ0) is 12.3. The van der Waals surface area contributed by atoms with Gasteiger partial charge in [-0.05, 0) is 0 Å². The van der Waals surface area contributed by atoms with Gasteiger partial charge in [0.1, 0.15) is 24.4 Å². The van der Waals surface area contributed by atoms with Crippen LogP contribution in [-0.4, -0.2) is 65.6 Å². The molecule has 16 heavy (non-hydrogen) atoms. The number of aliphatic hydroxyl groups is 3. The van der Waals surface area contributed by atoms with E-state index < -0.39 is 37.3 Å². The second-order valence-electron chi connectivity index (χ2n) is 3.67. The van der Waals surface area contributed by atoms with Crippen LogP contribution in [0.2, 0.25) is 0 Å². The summed E-state index contributed by atoms with van der Waals surface area (Å²) in [6, 6.07) is -0.861. The number of carbonyl (C=O) groups is 1. The number of carbonyl (C=O) groups excluding carboxylic acids is 1. The summed E-state index contributed by atoms with van der Waals surface area (Å²) in [4.78, 5) is 10.9. The van der Waals surface area contributed by atoms with E-state index in [4.69, 9.17) is 14.6 Å². The third-order valence-corrected chi connectivity index (χ3v) is 2.48. The average molecular weight is 235 g/mol. The predicted octanol–water partition coefficient (Wildman–Crippen LogP) is -2.42. The van der Waals surface area contributed by atoms with Gasteiger partial charge in [0.05, 0.1) is 6.61 Å². The van der Waals surface area contributed by atoms with Gasteiger partial charge in [-0.15, -0.1) is 0 Å². The summed E-state index contributed by atoms with van der Waals surface area (Å²) in [6.07, 6.45) is -4.35. The zero-order valence-corrected chi connectivity index (χ0v) is 9.16. The SMILES string of the molecule is CO[C@H]1O[C@H](CO)[C@H](O)C(O)[C@H]1NC(C)=O. The van der Waals surface area contributed by atoms with E-state index in [1.807, 2.05) is 0 Å². The Balaban J connectivity index is 2.77. The first-order valence-corrected chi connectivity index (χ1v) is 4.93. The molecule has 1 aliphatic heterocycles. The molecule has 0 bridgehead atoms. The van der Waals surface area contributed by atoms with E-state index >= 15 is 0 Å². The molecule has 0 aromatic heterocycles. The largest absolute Gasteiger partial charge is 0.394 e. The number of nitrogens with one attached hydrogen (secondary N) is 1. The first kappa shape index (κ1) is 13.3. The molecule has 0 radical (unpaired) electrons. The Morgan fingerprint density at radius 1 is 1.44 bits per heavy atom. The molecule has 5 atom stereocenters. The smallest absolute Gasteiger partial charge is 0.217 e. The fourth-order valence-electron chi connectivity index (χ4n) is 1.67. The monoisotopic (exact) mass is 235 g/mol. The van der Waals surface area contributed by atoms with Gasteiger partial charge in [0.15, 0.2) is 6.29 Å². The fraction of sp³-hybridized carbons (Fsp3) is 0.889. The van der Waals surface area contributed by atoms with Crippen LogP contribution in [0, 0.1) is 0 Å². The Kier molecular flexibility index (Phi) is 4.63. The van der Waals surface area contributed by atoms with E-state index in [9.17, 15) is 15.0 Å². The van der Waals surface area contributed by atoms with Crippen molar-refractivity contribution in [2.24, 2.45) is 0 Å². The molecule has 0 saturated carbocycles. The molecular weight excluding hydrogens is 218 g/mol. The van der Waals surface area contributed by atoms with Crippen molar-refractivity contribution in [3.8, 4) is 0 Å². The first-order valence-electron chi connectivity index (χ1n) is 4.93. The van der Waals surface area contributed by atoms with Crippen molar-refractivity contribution >= 4 is 5.91 Å². The number of hydrogen-bond acceptors (Lipinski definition) is 6. The van der Waals surface area contributed by atoms with Crippen molar-refractivity contribution in [3.63, 3.8) is 0 Å². The molecule has 94 valence electrons. The molecule has 1 unspecified atom stereocenters. The van der Waals surface area contributed by atoms with Crippen molar-refractivity contribution in [2.45, 2.75) is 37.6 Å². The number of amides is 1. The molecule has 0 aliphatic carbocycles. The summed E-state index contributed by atoms with van der Waals surface area (Å²) < 4.78 is 10.1. The summed E-state index contributed by atoms with van der Waals surface area (Å²) in [6.45, 7) is 0.842. The van der Waals surface area contributed by atoms with Gasteiger partial charge in [-0.1, -0.05) is 0 Å². The second-order valence-corrected chi connectivity index (χ2v) is 3.67. The molecule has 7 heteroatoms. The lowest BCUT2D eigenvalue weighted by Crippen LogP contribution is -2.64. The van der Waals surface area contributed by atoms with E-state index in [1.54, 1.807) is 0 Å². The van der Waals surface area contributed by atoms with Crippen molar-refractivity contribution in [2.75, 3.05) is 13.7 Å². The van der Waals surface area contributed by atoms with Crippen LogP contribution in [0.15, 0.2) is 0 Å². The van der Waals surface area contributed by atoms with Gasteiger partial charge in [-0.3, -0.25) is 4.79 Å². The van der Waals surface area contributed by atoms with Crippen LogP contribution in [0.1, 0.15) is 6.92 Å². The minimum atomic E-state index is -1.27. The van der Waals surface area contributed by atoms with Gasteiger partial charge in [0.2, 0.25) is 5.91 Å². The molecular formula is C9H17NO6. The van der Waals surface area contributed by atoms with E-state index in [0.717, 1.165) is 0 Å². The van der Waals surface area contributed by atoms with Crippen molar-refractivity contribution in [1.82, 2.24) is 5.32 Å². The first-order chi connectivity index (χ1) is 7.51. The van der Waals surface area contributed by atoms with Crippen molar-refractivity contribution < 1.29 is 29.6 Å².